The quantitative estimate of drug-likeness (QED) is 0.470. The van der Waals surface area contributed by atoms with Crippen LogP contribution < -0.4 is 0 Å². The summed E-state index contributed by atoms with van der Waals surface area (Å²) in [6.07, 6.45) is 3.73. The van der Waals surface area contributed by atoms with E-state index < -0.39 is 0 Å². The van der Waals surface area contributed by atoms with Crippen molar-refractivity contribution in [3.05, 3.63) is 32.2 Å². The molecule has 0 atom stereocenters. The molecule has 15 heavy (non-hydrogen) atoms. The maximum atomic E-state index is 11.9. The van der Waals surface area contributed by atoms with E-state index in [1.807, 2.05) is 30.0 Å². The molecule has 1 aromatic heterocycles. The van der Waals surface area contributed by atoms with Gasteiger partial charge in [0.05, 0.1) is 9.11 Å². The maximum Gasteiger partial charge on any atom is 0.215 e. The predicted octanol–water partition coefficient (Wildman–Crippen LogP) is 3.39. The second-order valence-electron chi connectivity index (χ2n) is 2.49. The fourth-order valence-corrected chi connectivity index (χ4v) is 3.03. The van der Waals surface area contributed by atoms with E-state index >= 15 is 0 Å². The number of carbonyl (C=O) groups excluding carboxylic acids is 1. The number of nitrogens with zero attached hydrogens (tertiary/aromatic N) is 1. The first kappa shape index (κ1) is 12.4. The zero-order valence-electron chi connectivity index (χ0n) is 8.31. The van der Waals surface area contributed by atoms with Crippen molar-refractivity contribution in [1.29, 1.82) is 5.26 Å². The number of carbonyl (C=O) groups is 1. The highest BCUT2D eigenvalue weighted by molar-refractivity contribution is 8.21. The fourth-order valence-electron chi connectivity index (χ4n) is 1.01. The molecule has 0 bridgehead atoms. The minimum atomic E-state index is -0.175. The van der Waals surface area contributed by atoms with Crippen LogP contribution in [0.3, 0.4) is 0 Å². The van der Waals surface area contributed by atoms with Crippen LogP contribution in [0.4, 0.5) is 0 Å². The lowest BCUT2D eigenvalue weighted by Gasteiger charge is -2.02. The van der Waals surface area contributed by atoms with Crippen LogP contribution in [-0.2, 0) is 0 Å². The van der Waals surface area contributed by atoms with Crippen molar-refractivity contribution in [2.24, 2.45) is 0 Å². The van der Waals surface area contributed by atoms with Crippen molar-refractivity contribution < 1.29 is 4.79 Å². The van der Waals surface area contributed by atoms with Gasteiger partial charge in [0.2, 0.25) is 5.78 Å². The number of Topliss-reactive ketones (excluding diaryl/α,β-unsaturated/α-hetero) is 1. The average molecular weight is 255 g/mol. The molecular formula is C10H9NOS3. The Morgan fingerprint density at radius 3 is 2.53 bits per heavy atom. The number of allylic oxidation sites excluding steroid dienone is 1. The molecule has 0 aliphatic rings. The zero-order chi connectivity index (χ0) is 11.3. The number of thioether (sulfide) groups is 2. The van der Waals surface area contributed by atoms with Gasteiger partial charge in [-0.25, -0.2) is 0 Å². The van der Waals surface area contributed by atoms with Crippen LogP contribution in [0.15, 0.2) is 27.3 Å². The van der Waals surface area contributed by atoms with E-state index in [0.717, 1.165) is 4.24 Å². The van der Waals surface area contributed by atoms with Crippen molar-refractivity contribution in [3.63, 3.8) is 0 Å². The third-order valence-corrected chi connectivity index (χ3v) is 4.68. The third kappa shape index (κ3) is 2.88. The second-order valence-corrected chi connectivity index (χ2v) is 5.33. The van der Waals surface area contributed by atoms with Gasteiger partial charge in [0.1, 0.15) is 11.6 Å². The van der Waals surface area contributed by atoms with E-state index in [-0.39, 0.29) is 11.4 Å². The van der Waals surface area contributed by atoms with Crippen LogP contribution in [0.2, 0.25) is 0 Å². The Morgan fingerprint density at radius 2 is 2.13 bits per heavy atom. The third-order valence-electron chi connectivity index (χ3n) is 1.66. The lowest BCUT2D eigenvalue weighted by atomic mass is 10.2. The minimum Gasteiger partial charge on any atom is -0.287 e. The summed E-state index contributed by atoms with van der Waals surface area (Å²) < 4.78 is 0.774. The van der Waals surface area contributed by atoms with Gasteiger partial charge >= 0.3 is 0 Å². The maximum absolute atomic E-state index is 11.9. The van der Waals surface area contributed by atoms with E-state index in [2.05, 4.69) is 0 Å². The fraction of sp³-hybridized carbons (Fsp3) is 0.200. The number of nitriles is 1. The van der Waals surface area contributed by atoms with E-state index in [0.29, 0.717) is 4.88 Å². The topological polar surface area (TPSA) is 40.9 Å². The summed E-state index contributed by atoms with van der Waals surface area (Å²) in [4.78, 5) is 12.5. The van der Waals surface area contributed by atoms with Crippen molar-refractivity contribution in [2.75, 3.05) is 12.5 Å². The van der Waals surface area contributed by atoms with Crippen molar-refractivity contribution in [3.8, 4) is 6.07 Å². The standard InChI is InChI=1S/C10H9NOS3/c1-13-10(14-2)7(6-11)9(12)8-4-3-5-15-8/h3-5H,1-2H3. The predicted molar refractivity (Wildman–Crippen MR) is 68.3 cm³/mol. The first-order chi connectivity index (χ1) is 7.24. The van der Waals surface area contributed by atoms with Gasteiger partial charge in [-0.15, -0.1) is 34.9 Å². The molecule has 0 aliphatic carbocycles. The Balaban J connectivity index is 3.10. The lowest BCUT2D eigenvalue weighted by molar-refractivity contribution is 0.104. The van der Waals surface area contributed by atoms with Crippen LogP contribution in [0, 0.1) is 11.3 Å². The molecule has 0 saturated heterocycles. The summed E-state index contributed by atoms with van der Waals surface area (Å²) in [5.41, 5.74) is 0.248. The number of hydrogen-bond acceptors (Lipinski definition) is 5. The van der Waals surface area contributed by atoms with Crippen LogP contribution in [0.25, 0.3) is 0 Å². The zero-order valence-corrected chi connectivity index (χ0v) is 10.8. The van der Waals surface area contributed by atoms with Gasteiger partial charge in [-0.05, 0) is 24.0 Å². The normalized spacial score (nSPS) is 9.40. The molecule has 0 unspecified atom stereocenters. The lowest BCUT2D eigenvalue weighted by Crippen LogP contribution is -2.00. The monoisotopic (exact) mass is 255 g/mol. The summed E-state index contributed by atoms with van der Waals surface area (Å²) in [5.74, 6) is -0.175. The van der Waals surface area contributed by atoms with Crippen molar-refractivity contribution >= 4 is 40.6 Å². The smallest absolute Gasteiger partial charge is 0.215 e. The van der Waals surface area contributed by atoms with Crippen LogP contribution >= 0.6 is 34.9 Å². The first-order valence-electron chi connectivity index (χ1n) is 4.05. The molecule has 1 aromatic rings. The van der Waals surface area contributed by atoms with Gasteiger partial charge in [0.25, 0.3) is 0 Å². The molecule has 0 spiro atoms. The molecule has 0 fully saturated rings. The van der Waals surface area contributed by atoms with Crippen LogP contribution in [0.5, 0.6) is 0 Å². The number of hydrogen-bond donors (Lipinski definition) is 0. The van der Waals surface area contributed by atoms with Gasteiger partial charge in [-0.2, -0.15) is 5.26 Å². The molecule has 0 radical (unpaired) electrons. The molecule has 5 heteroatoms. The molecule has 0 aromatic carbocycles. The van der Waals surface area contributed by atoms with Crippen molar-refractivity contribution in [1.82, 2.24) is 0 Å². The van der Waals surface area contributed by atoms with Gasteiger partial charge in [-0.1, -0.05) is 6.07 Å². The second kappa shape index (κ2) is 6.01. The van der Waals surface area contributed by atoms with E-state index in [9.17, 15) is 4.79 Å². The highest BCUT2D eigenvalue weighted by Gasteiger charge is 2.17. The highest BCUT2D eigenvalue weighted by Crippen LogP contribution is 2.29. The van der Waals surface area contributed by atoms with Gasteiger partial charge in [-0.3, -0.25) is 4.79 Å². The molecule has 0 aliphatic heterocycles. The van der Waals surface area contributed by atoms with E-state index in [1.54, 1.807) is 6.07 Å². The molecule has 0 amide bonds. The average Bonchev–Trinajstić information content (AvgIpc) is 2.78. The minimum absolute atomic E-state index is 0.175. The Kier molecular flexibility index (Phi) is 4.95. The molecular weight excluding hydrogens is 246 g/mol. The van der Waals surface area contributed by atoms with Gasteiger partial charge < -0.3 is 0 Å². The first-order valence-corrected chi connectivity index (χ1v) is 7.38. The highest BCUT2D eigenvalue weighted by atomic mass is 32.2. The Labute approximate surface area is 101 Å². The number of rotatable bonds is 4. The summed E-state index contributed by atoms with van der Waals surface area (Å²) in [6, 6.07) is 5.54. The van der Waals surface area contributed by atoms with Crippen LogP contribution in [-0.4, -0.2) is 18.3 Å². The number of thiophene rings is 1. The molecule has 78 valence electrons. The summed E-state index contributed by atoms with van der Waals surface area (Å²) in [6.45, 7) is 0. The Morgan fingerprint density at radius 1 is 1.47 bits per heavy atom. The summed E-state index contributed by atoms with van der Waals surface area (Å²) in [7, 11) is 0. The Hall–Kier alpha value is -0.700. The van der Waals surface area contributed by atoms with E-state index in [1.165, 1.54) is 34.9 Å². The Bertz CT molecular complexity index is 408. The van der Waals surface area contributed by atoms with Crippen molar-refractivity contribution in [2.45, 2.75) is 0 Å². The largest absolute Gasteiger partial charge is 0.287 e. The summed E-state index contributed by atoms with van der Waals surface area (Å²) in [5, 5.41) is 10.8. The molecule has 0 saturated carbocycles. The number of ketones is 1. The molecule has 1 heterocycles. The summed E-state index contributed by atoms with van der Waals surface area (Å²) >= 11 is 4.22. The molecule has 2 nitrogen and oxygen atoms in total. The van der Waals surface area contributed by atoms with Gasteiger partial charge in [0, 0.05) is 0 Å². The molecule has 1 rings (SSSR count). The van der Waals surface area contributed by atoms with Crippen LogP contribution in [0.1, 0.15) is 9.67 Å². The SMILES string of the molecule is CSC(SC)=C(C#N)C(=O)c1cccs1. The van der Waals surface area contributed by atoms with E-state index in [4.69, 9.17) is 5.26 Å². The molecule has 0 N–H and O–H groups in total. The van der Waals surface area contributed by atoms with Gasteiger partial charge in [0.15, 0.2) is 0 Å².